The fourth-order valence-electron chi connectivity index (χ4n) is 1.84. The van der Waals surface area contributed by atoms with E-state index in [0.29, 0.717) is 18.8 Å². The third-order valence-corrected chi connectivity index (χ3v) is 2.65. The maximum atomic E-state index is 11.9. The lowest BCUT2D eigenvalue weighted by molar-refractivity contribution is 0.0593. The fraction of sp³-hybridized carbons (Fsp3) is 0.500. The highest BCUT2D eigenvalue weighted by molar-refractivity contribution is 5.91. The molecular weight excluding hydrogens is 212 g/mol. The Kier molecular flexibility index (Phi) is 2.64. The highest BCUT2D eigenvalue weighted by Gasteiger charge is 2.23. The molecule has 0 saturated heterocycles. The molecule has 1 N–H and O–H groups in total. The third-order valence-electron chi connectivity index (χ3n) is 2.65. The van der Waals surface area contributed by atoms with Gasteiger partial charge in [0.1, 0.15) is 5.82 Å². The first kappa shape index (κ1) is 10.7. The Hall–Kier alpha value is -1.85. The lowest BCUT2D eigenvalue weighted by Gasteiger charge is -2.17. The number of fused-ring (bicyclic) bond motifs is 1. The Morgan fingerprint density at radius 1 is 1.50 bits per heavy atom. The topological polar surface area (TPSA) is 81.4 Å². The van der Waals surface area contributed by atoms with Gasteiger partial charge in [-0.15, -0.1) is 0 Å². The summed E-state index contributed by atoms with van der Waals surface area (Å²) >= 11 is 0. The van der Waals surface area contributed by atoms with Crippen molar-refractivity contribution >= 4 is 5.97 Å². The number of hydrogen-bond donors (Lipinski definition) is 1. The molecule has 1 aliphatic rings. The molecule has 1 aromatic rings. The predicted octanol–water partition coefficient (Wildman–Crippen LogP) is 0.0718. The van der Waals surface area contributed by atoms with Crippen molar-refractivity contribution in [1.29, 1.82) is 0 Å². The number of ether oxygens (including phenoxy) is 1. The average molecular weight is 224 g/mol. The van der Waals surface area contributed by atoms with E-state index < -0.39 is 17.4 Å². The van der Waals surface area contributed by atoms with Crippen LogP contribution >= 0.6 is 0 Å². The zero-order valence-corrected chi connectivity index (χ0v) is 8.89. The molecule has 0 spiro atoms. The van der Waals surface area contributed by atoms with Gasteiger partial charge in [0, 0.05) is 13.0 Å². The molecule has 0 bridgehead atoms. The molecule has 0 aromatic carbocycles. The van der Waals surface area contributed by atoms with Gasteiger partial charge in [-0.2, -0.15) is 4.98 Å². The van der Waals surface area contributed by atoms with Crippen molar-refractivity contribution in [1.82, 2.24) is 9.55 Å². The summed E-state index contributed by atoms with van der Waals surface area (Å²) in [6.45, 7) is 0.533. The van der Waals surface area contributed by atoms with E-state index in [1.54, 1.807) is 0 Å². The molecule has 6 nitrogen and oxygen atoms in total. The number of aryl methyl sites for hydroxylation is 1. The Morgan fingerprint density at radius 2 is 2.25 bits per heavy atom. The van der Waals surface area contributed by atoms with Crippen LogP contribution < -0.4 is 5.56 Å². The summed E-state index contributed by atoms with van der Waals surface area (Å²) in [6.07, 6.45) is 2.45. The molecule has 0 fully saturated rings. The van der Waals surface area contributed by atoms with Crippen LogP contribution in [-0.4, -0.2) is 27.7 Å². The smallest absolute Gasteiger partial charge is 0.349 e. The van der Waals surface area contributed by atoms with Crippen molar-refractivity contribution in [3.8, 4) is 5.88 Å². The van der Waals surface area contributed by atoms with Crippen LogP contribution in [0.5, 0.6) is 5.88 Å². The largest absolute Gasteiger partial charge is 0.492 e. The Balaban J connectivity index is 2.63. The van der Waals surface area contributed by atoms with Gasteiger partial charge in [0.2, 0.25) is 5.88 Å². The molecule has 2 rings (SSSR count). The number of aromatic nitrogens is 2. The van der Waals surface area contributed by atoms with Gasteiger partial charge >= 0.3 is 5.97 Å². The number of nitrogens with zero attached hydrogens (tertiary/aromatic N) is 2. The summed E-state index contributed by atoms with van der Waals surface area (Å²) in [6, 6.07) is 0. The van der Waals surface area contributed by atoms with E-state index in [9.17, 15) is 14.7 Å². The van der Waals surface area contributed by atoms with Crippen LogP contribution in [-0.2, 0) is 17.7 Å². The zero-order valence-electron chi connectivity index (χ0n) is 8.89. The molecule has 86 valence electrons. The second-order valence-corrected chi connectivity index (χ2v) is 3.63. The van der Waals surface area contributed by atoms with Gasteiger partial charge in [-0.1, -0.05) is 0 Å². The van der Waals surface area contributed by atoms with Gasteiger partial charge in [0.05, 0.1) is 7.11 Å². The van der Waals surface area contributed by atoms with Crippen molar-refractivity contribution in [2.75, 3.05) is 7.11 Å². The summed E-state index contributed by atoms with van der Waals surface area (Å²) in [4.78, 5) is 27.1. The van der Waals surface area contributed by atoms with Crippen molar-refractivity contribution in [3.63, 3.8) is 0 Å². The zero-order chi connectivity index (χ0) is 11.7. The number of esters is 1. The number of carbonyl (C=O) groups excluding carboxylic acids is 1. The van der Waals surface area contributed by atoms with Crippen LogP contribution in [0.4, 0.5) is 0 Å². The van der Waals surface area contributed by atoms with Gasteiger partial charge in [0.15, 0.2) is 5.56 Å². The monoisotopic (exact) mass is 224 g/mol. The molecule has 0 aliphatic carbocycles. The van der Waals surface area contributed by atoms with Crippen molar-refractivity contribution < 1.29 is 14.6 Å². The van der Waals surface area contributed by atoms with Gasteiger partial charge in [-0.3, -0.25) is 9.36 Å². The average Bonchev–Trinajstić information content (AvgIpc) is 2.28. The first-order valence-corrected chi connectivity index (χ1v) is 5.06. The van der Waals surface area contributed by atoms with E-state index in [4.69, 9.17) is 0 Å². The van der Waals surface area contributed by atoms with E-state index in [0.717, 1.165) is 20.0 Å². The van der Waals surface area contributed by atoms with E-state index in [2.05, 4.69) is 9.72 Å². The molecule has 0 amide bonds. The minimum Gasteiger partial charge on any atom is -0.492 e. The number of carbonyl (C=O) groups is 1. The minimum absolute atomic E-state index is 0.381. The molecule has 1 aliphatic heterocycles. The molecule has 6 heteroatoms. The maximum Gasteiger partial charge on any atom is 0.349 e. The van der Waals surface area contributed by atoms with E-state index in [1.807, 2.05) is 0 Å². The molecular formula is C10H12N2O4. The number of hydrogen-bond acceptors (Lipinski definition) is 5. The SMILES string of the molecule is COC(=O)c1c(O)nc2n(c1=O)CCCC2. The van der Waals surface area contributed by atoms with Gasteiger partial charge in [0.25, 0.3) is 5.56 Å². The molecule has 16 heavy (non-hydrogen) atoms. The molecule has 0 radical (unpaired) electrons. The molecule has 0 atom stereocenters. The fourth-order valence-corrected chi connectivity index (χ4v) is 1.84. The normalized spacial score (nSPS) is 14.3. The molecule has 0 saturated carbocycles. The van der Waals surface area contributed by atoms with Crippen LogP contribution in [0.25, 0.3) is 0 Å². The quantitative estimate of drug-likeness (QED) is 0.683. The Bertz CT molecular complexity index is 492. The summed E-state index contributed by atoms with van der Waals surface area (Å²) in [5.74, 6) is -0.859. The first-order valence-electron chi connectivity index (χ1n) is 5.06. The highest BCUT2D eigenvalue weighted by Crippen LogP contribution is 2.16. The summed E-state index contributed by atoms with van der Waals surface area (Å²) in [7, 11) is 1.16. The molecule has 0 unspecified atom stereocenters. The summed E-state index contributed by atoms with van der Waals surface area (Å²) < 4.78 is 5.86. The summed E-state index contributed by atoms with van der Waals surface area (Å²) in [5.41, 5.74) is -0.901. The third kappa shape index (κ3) is 1.56. The van der Waals surface area contributed by atoms with Crippen LogP contribution in [0.3, 0.4) is 0 Å². The van der Waals surface area contributed by atoms with Crippen molar-refractivity contribution in [2.45, 2.75) is 25.8 Å². The van der Waals surface area contributed by atoms with Crippen LogP contribution in [0, 0.1) is 0 Å². The maximum absolute atomic E-state index is 11.9. The molecule has 2 heterocycles. The van der Waals surface area contributed by atoms with Gasteiger partial charge in [-0.05, 0) is 12.8 Å². The Morgan fingerprint density at radius 3 is 2.94 bits per heavy atom. The summed E-state index contributed by atoms with van der Waals surface area (Å²) in [5, 5.41) is 9.52. The van der Waals surface area contributed by atoms with Crippen molar-refractivity contribution in [2.24, 2.45) is 0 Å². The minimum atomic E-state index is -0.851. The van der Waals surface area contributed by atoms with Gasteiger partial charge in [-0.25, -0.2) is 4.79 Å². The first-order chi connectivity index (χ1) is 7.65. The second kappa shape index (κ2) is 3.96. The predicted molar refractivity (Wildman–Crippen MR) is 54.4 cm³/mol. The van der Waals surface area contributed by atoms with Crippen LogP contribution in [0.1, 0.15) is 29.0 Å². The van der Waals surface area contributed by atoms with Crippen LogP contribution in [0.2, 0.25) is 0 Å². The van der Waals surface area contributed by atoms with Crippen molar-refractivity contribution in [3.05, 3.63) is 21.7 Å². The second-order valence-electron chi connectivity index (χ2n) is 3.63. The number of rotatable bonds is 1. The van der Waals surface area contributed by atoms with Crippen LogP contribution in [0.15, 0.2) is 4.79 Å². The van der Waals surface area contributed by atoms with E-state index in [-0.39, 0.29) is 5.56 Å². The standard InChI is InChI=1S/C10H12N2O4/c1-16-10(15)7-8(13)11-6-4-2-3-5-12(6)9(7)14/h13H,2-5H2,1H3. The Labute approximate surface area is 91.5 Å². The number of aromatic hydroxyl groups is 1. The highest BCUT2D eigenvalue weighted by atomic mass is 16.5. The molecule has 1 aromatic heterocycles. The van der Waals surface area contributed by atoms with Gasteiger partial charge < -0.3 is 9.84 Å². The van der Waals surface area contributed by atoms with E-state index in [1.165, 1.54) is 4.57 Å². The number of methoxy groups -OCH3 is 1. The van der Waals surface area contributed by atoms with E-state index >= 15 is 0 Å². The lowest BCUT2D eigenvalue weighted by atomic mass is 10.1. The lowest BCUT2D eigenvalue weighted by Crippen LogP contribution is -2.32.